The third kappa shape index (κ3) is 4.20. The molecule has 1 fully saturated rings. The first kappa shape index (κ1) is 19.5. The van der Waals surface area contributed by atoms with Crippen LogP contribution in [0.2, 0.25) is 0 Å². The summed E-state index contributed by atoms with van der Waals surface area (Å²) in [4.78, 5) is 29.5. The molecule has 0 bridgehead atoms. The number of fused-ring (bicyclic) bond motifs is 1. The van der Waals surface area contributed by atoms with Crippen LogP contribution in [0.25, 0.3) is 0 Å². The Morgan fingerprint density at radius 2 is 1.74 bits per heavy atom. The van der Waals surface area contributed by atoms with Crippen LogP contribution >= 0.6 is 0 Å². The predicted molar refractivity (Wildman–Crippen MR) is 103 cm³/mol. The van der Waals surface area contributed by atoms with Crippen molar-refractivity contribution in [1.29, 1.82) is 0 Å². The zero-order chi connectivity index (χ0) is 19.8. The van der Waals surface area contributed by atoms with Crippen LogP contribution in [-0.4, -0.2) is 59.2 Å². The molecule has 2 aliphatic heterocycles. The van der Waals surface area contributed by atoms with E-state index in [1.54, 1.807) is 4.90 Å². The summed E-state index contributed by atoms with van der Waals surface area (Å²) >= 11 is 0. The summed E-state index contributed by atoms with van der Waals surface area (Å²) in [5.41, 5.74) is 0.435. The molecule has 2 heterocycles. The minimum Gasteiger partial charge on any atom is -0.493 e. The van der Waals surface area contributed by atoms with Crippen LogP contribution in [0.3, 0.4) is 0 Å². The maximum absolute atomic E-state index is 13.4. The second kappa shape index (κ2) is 7.41. The van der Waals surface area contributed by atoms with E-state index in [2.05, 4.69) is 0 Å². The molecule has 2 aliphatic rings. The van der Waals surface area contributed by atoms with E-state index in [1.165, 1.54) is 0 Å². The Morgan fingerprint density at radius 3 is 2.37 bits per heavy atom. The molecule has 1 aromatic rings. The van der Waals surface area contributed by atoms with E-state index in [4.69, 9.17) is 9.47 Å². The number of amides is 2. The second-order valence-corrected chi connectivity index (χ2v) is 8.56. The van der Waals surface area contributed by atoms with Gasteiger partial charge >= 0.3 is 6.09 Å². The monoisotopic (exact) mass is 374 g/mol. The summed E-state index contributed by atoms with van der Waals surface area (Å²) in [5, 5.41) is 0. The molecule has 27 heavy (non-hydrogen) atoms. The molecule has 3 rings (SSSR count). The van der Waals surface area contributed by atoms with Gasteiger partial charge in [-0.2, -0.15) is 0 Å². The van der Waals surface area contributed by atoms with Crippen LogP contribution in [0.5, 0.6) is 5.75 Å². The van der Waals surface area contributed by atoms with E-state index < -0.39 is 5.60 Å². The molecule has 0 N–H and O–H groups in total. The summed E-state index contributed by atoms with van der Waals surface area (Å²) in [6.45, 7) is 11.1. The Labute approximate surface area is 161 Å². The van der Waals surface area contributed by atoms with E-state index in [9.17, 15) is 9.59 Å². The molecule has 2 amide bonds. The SMILES string of the molecule is CC1CN(C(=O)OC(C)(C)C)CC(C)N1C(=O)C1CCOc2ccccc21. The van der Waals surface area contributed by atoms with Crippen LogP contribution < -0.4 is 4.74 Å². The molecule has 1 saturated heterocycles. The molecule has 6 heteroatoms. The van der Waals surface area contributed by atoms with Crippen LogP contribution in [0, 0.1) is 0 Å². The molecule has 6 nitrogen and oxygen atoms in total. The number of ether oxygens (including phenoxy) is 2. The van der Waals surface area contributed by atoms with Crippen molar-refractivity contribution >= 4 is 12.0 Å². The smallest absolute Gasteiger partial charge is 0.410 e. The molecule has 0 aliphatic carbocycles. The Hall–Kier alpha value is -2.24. The molecule has 148 valence electrons. The normalized spacial score (nSPS) is 25.4. The lowest BCUT2D eigenvalue weighted by Gasteiger charge is -2.46. The first-order chi connectivity index (χ1) is 12.7. The van der Waals surface area contributed by atoms with Gasteiger partial charge in [-0.1, -0.05) is 18.2 Å². The van der Waals surface area contributed by atoms with E-state index in [1.807, 2.05) is 63.8 Å². The zero-order valence-corrected chi connectivity index (χ0v) is 16.9. The minimum absolute atomic E-state index is 0.0659. The first-order valence-corrected chi connectivity index (χ1v) is 9.69. The van der Waals surface area contributed by atoms with Crippen molar-refractivity contribution < 1.29 is 19.1 Å². The summed E-state index contributed by atoms with van der Waals surface area (Å²) in [6.07, 6.45) is 0.367. The van der Waals surface area contributed by atoms with Crippen LogP contribution in [0.15, 0.2) is 24.3 Å². The third-order valence-corrected chi connectivity index (χ3v) is 5.08. The number of benzene rings is 1. The lowest BCUT2D eigenvalue weighted by atomic mass is 9.90. The number of hydrogen-bond acceptors (Lipinski definition) is 4. The van der Waals surface area contributed by atoms with Crippen molar-refractivity contribution in [3.8, 4) is 5.75 Å². The molecular formula is C21H30N2O4. The van der Waals surface area contributed by atoms with Crippen molar-refractivity contribution in [3.05, 3.63) is 29.8 Å². The fourth-order valence-corrected chi connectivity index (χ4v) is 4.01. The number of carbonyl (C=O) groups is 2. The van der Waals surface area contributed by atoms with Gasteiger partial charge in [0.25, 0.3) is 0 Å². The van der Waals surface area contributed by atoms with Crippen LogP contribution in [-0.2, 0) is 9.53 Å². The lowest BCUT2D eigenvalue weighted by molar-refractivity contribution is -0.141. The van der Waals surface area contributed by atoms with Crippen molar-refractivity contribution in [2.24, 2.45) is 0 Å². The lowest BCUT2D eigenvalue weighted by Crippen LogP contribution is -2.61. The van der Waals surface area contributed by atoms with Crippen LogP contribution in [0.4, 0.5) is 4.79 Å². The van der Waals surface area contributed by atoms with Crippen molar-refractivity contribution in [2.75, 3.05) is 19.7 Å². The number of nitrogens with zero attached hydrogens (tertiary/aromatic N) is 2. The van der Waals surface area contributed by atoms with Gasteiger partial charge in [-0.25, -0.2) is 4.79 Å². The quantitative estimate of drug-likeness (QED) is 0.756. The number of hydrogen-bond donors (Lipinski definition) is 0. The first-order valence-electron chi connectivity index (χ1n) is 9.69. The maximum atomic E-state index is 13.4. The van der Waals surface area contributed by atoms with Gasteiger partial charge in [-0.15, -0.1) is 0 Å². The Balaban J connectivity index is 1.73. The average molecular weight is 374 g/mol. The van der Waals surface area contributed by atoms with E-state index in [-0.39, 0.29) is 30.0 Å². The van der Waals surface area contributed by atoms with Gasteiger partial charge in [0.1, 0.15) is 11.4 Å². The van der Waals surface area contributed by atoms with Crippen molar-refractivity contribution in [3.63, 3.8) is 0 Å². The summed E-state index contributed by atoms with van der Waals surface area (Å²) in [7, 11) is 0. The van der Waals surface area contributed by atoms with E-state index in [0.29, 0.717) is 26.1 Å². The van der Waals surface area contributed by atoms with Crippen molar-refractivity contribution in [1.82, 2.24) is 9.80 Å². The highest BCUT2D eigenvalue weighted by Crippen LogP contribution is 2.36. The van der Waals surface area contributed by atoms with Gasteiger partial charge in [-0.3, -0.25) is 4.79 Å². The molecule has 3 unspecified atom stereocenters. The van der Waals surface area contributed by atoms with Gasteiger partial charge in [0.05, 0.1) is 12.5 Å². The highest BCUT2D eigenvalue weighted by Gasteiger charge is 2.40. The molecule has 0 saturated carbocycles. The third-order valence-electron chi connectivity index (χ3n) is 5.08. The molecule has 3 atom stereocenters. The second-order valence-electron chi connectivity index (χ2n) is 8.56. The average Bonchev–Trinajstić information content (AvgIpc) is 2.59. The van der Waals surface area contributed by atoms with Crippen molar-refractivity contribution in [2.45, 2.75) is 64.6 Å². The summed E-state index contributed by atoms with van der Waals surface area (Å²) < 4.78 is 11.2. The number of rotatable bonds is 1. The number of carbonyl (C=O) groups excluding carboxylic acids is 2. The zero-order valence-electron chi connectivity index (χ0n) is 16.9. The topological polar surface area (TPSA) is 59.1 Å². The van der Waals surface area contributed by atoms with Gasteiger partial charge < -0.3 is 19.3 Å². The Kier molecular flexibility index (Phi) is 5.36. The number of piperazine rings is 1. The fourth-order valence-electron chi connectivity index (χ4n) is 4.01. The van der Waals surface area contributed by atoms with E-state index >= 15 is 0 Å². The Bertz CT molecular complexity index is 700. The fraction of sp³-hybridized carbons (Fsp3) is 0.619. The molecular weight excluding hydrogens is 344 g/mol. The van der Waals surface area contributed by atoms with Gasteiger partial charge in [-0.05, 0) is 47.1 Å². The minimum atomic E-state index is -0.525. The van der Waals surface area contributed by atoms with Gasteiger partial charge in [0.2, 0.25) is 5.91 Å². The highest BCUT2D eigenvalue weighted by molar-refractivity contribution is 5.85. The standard InChI is InChI=1S/C21H30N2O4/c1-14-12-22(20(25)27-21(3,4)5)13-15(2)23(14)19(24)17-10-11-26-18-9-7-6-8-16(17)18/h6-9,14-15,17H,10-13H2,1-5H3. The van der Waals surface area contributed by atoms with Gasteiger partial charge in [0, 0.05) is 30.7 Å². The Morgan fingerprint density at radius 1 is 1.11 bits per heavy atom. The molecule has 0 aromatic heterocycles. The summed E-state index contributed by atoms with van der Waals surface area (Å²) in [5.74, 6) is 0.734. The van der Waals surface area contributed by atoms with Gasteiger partial charge in [0.15, 0.2) is 0 Å². The number of para-hydroxylation sites is 1. The van der Waals surface area contributed by atoms with E-state index in [0.717, 1.165) is 11.3 Å². The molecule has 0 radical (unpaired) electrons. The largest absolute Gasteiger partial charge is 0.493 e. The van der Waals surface area contributed by atoms with Crippen LogP contribution in [0.1, 0.15) is 52.5 Å². The molecule has 0 spiro atoms. The molecule has 1 aromatic carbocycles. The summed E-state index contributed by atoms with van der Waals surface area (Å²) in [6, 6.07) is 7.64. The predicted octanol–water partition coefficient (Wildman–Crippen LogP) is 3.41. The highest BCUT2D eigenvalue weighted by atomic mass is 16.6. The maximum Gasteiger partial charge on any atom is 0.410 e.